The van der Waals surface area contributed by atoms with Crippen molar-refractivity contribution in [1.82, 2.24) is 9.97 Å². The summed E-state index contributed by atoms with van der Waals surface area (Å²) in [4.78, 5) is 8.90. The third kappa shape index (κ3) is 5.11. The molecule has 1 heterocycles. The van der Waals surface area contributed by atoms with Gasteiger partial charge >= 0.3 is 0 Å². The van der Waals surface area contributed by atoms with E-state index in [0.717, 1.165) is 17.3 Å². The van der Waals surface area contributed by atoms with Crippen LogP contribution < -0.4 is 15.4 Å². The van der Waals surface area contributed by atoms with Crippen molar-refractivity contribution in [3.63, 3.8) is 0 Å². The minimum atomic E-state index is 0.503. The molecule has 0 spiro atoms. The normalized spacial score (nSPS) is 10.4. The first-order valence-electron chi connectivity index (χ1n) is 9.48. The van der Waals surface area contributed by atoms with E-state index in [2.05, 4.69) is 51.8 Å². The summed E-state index contributed by atoms with van der Waals surface area (Å²) in [7, 11) is 0. The summed E-state index contributed by atoms with van der Waals surface area (Å²) in [6.45, 7) is 2.79. The Morgan fingerprint density at radius 3 is 2.55 bits per heavy atom. The van der Waals surface area contributed by atoms with Gasteiger partial charge in [0.2, 0.25) is 5.95 Å². The second-order valence-corrected chi connectivity index (χ2v) is 6.64. The number of para-hydroxylation sites is 3. The lowest BCUT2D eigenvalue weighted by Crippen LogP contribution is -2.04. The molecule has 0 atom stereocenters. The van der Waals surface area contributed by atoms with Crippen molar-refractivity contribution in [2.75, 3.05) is 10.6 Å². The Bertz CT molecular complexity index is 1080. The highest BCUT2D eigenvalue weighted by molar-refractivity contribution is 5.63. The van der Waals surface area contributed by atoms with Crippen LogP contribution in [0.1, 0.15) is 11.1 Å². The summed E-state index contributed by atoms with van der Waals surface area (Å²) in [6.07, 6.45) is 1.73. The molecule has 5 nitrogen and oxygen atoms in total. The molecule has 0 unspecified atom stereocenters. The molecule has 0 radical (unpaired) electrons. The van der Waals surface area contributed by atoms with Gasteiger partial charge in [-0.05, 0) is 42.8 Å². The standard InChI is InChI=1S/C24H22N4O/c1-18-8-7-9-19(16-18)17-26-23-14-15-25-24(28-23)27-21-12-5-6-13-22(21)29-20-10-3-2-4-11-20/h2-16H,17H2,1H3,(H2,25,26,27,28). The summed E-state index contributed by atoms with van der Waals surface area (Å²) in [6, 6.07) is 27.7. The lowest BCUT2D eigenvalue weighted by atomic mass is 10.1. The van der Waals surface area contributed by atoms with Gasteiger partial charge in [-0.15, -0.1) is 0 Å². The van der Waals surface area contributed by atoms with E-state index in [1.54, 1.807) is 6.20 Å². The van der Waals surface area contributed by atoms with Crippen LogP contribution in [0.3, 0.4) is 0 Å². The Kier molecular flexibility index (Phi) is 5.67. The molecule has 0 aliphatic carbocycles. The van der Waals surface area contributed by atoms with Crippen LogP contribution in [0, 0.1) is 6.92 Å². The number of nitrogens with one attached hydrogen (secondary N) is 2. The first-order valence-corrected chi connectivity index (χ1v) is 9.48. The maximum atomic E-state index is 5.99. The Morgan fingerprint density at radius 1 is 0.862 bits per heavy atom. The van der Waals surface area contributed by atoms with E-state index in [-0.39, 0.29) is 0 Å². The second kappa shape index (κ2) is 8.89. The molecule has 0 amide bonds. The third-order valence-electron chi connectivity index (χ3n) is 4.32. The largest absolute Gasteiger partial charge is 0.455 e. The van der Waals surface area contributed by atoms with Crippen LogP contribution >= 0.6 is 0 Å². The highest BCUT2D eigenvalue weighted by Crippen LogP contribution is 2.30. The number of nitrogens with zero attached hydrogens (tertiary/aromatic N) is 2. The van der Waals surface area contributed by atoms with Crippen LogP contribution in [-0.2, 0) is 6.54 Å². The Hall–Kier alpha value is -3.86. The minimum absolute atomic E-state index is 0.503. The predicted molar refractivity (Wildman–Crippen MR) is 117 cm³/mol. The van der Waals surface area contributed by atoms with Gasteiger partial charge in [0.1, 0.15) is 11.6 Å². The van der Waals surface area contributed by atoms with Crippen LogP contribution in [0.5, 0.6) is 11.5 Å². The van der Waals surface area contributed by atoms with E-state index in [0.29, 0.717) is 18.2 Å². The summed E-state index contributed by atoms with van der Waals surface area (Å²) < 4.78 is 5.99. The molecule has 0 fully saturated rings. The molecule has 144 valence electrons. The molecular weight excluding hydrogens is 360 g/mol. The topological polar surface area (TPSA) is 59.1 Å². The molecule has 0 aliphatic heterocycles. The van der Waals surface area contributed by atoms with Crippen molar-refractivity contribution in [2.24, 2.45) is 0 Å². The third-order valence-corrected chi connectivity index (χ3v) is 4.32. The first-order chi connectivity index (χ1) is 14.3. The molecule has 5 heteroatoms. The van der Waals surface area contributed by atoms with Crippen molar-refractivity contribution in [1.29, 1.82) is 0 Å². The highest BCUT2D eigenvalue weighted by atomic mass is 16.5. The molecule has 0 bridgehead atoms. The SMILES string of the molecule is Cc1cccc(CNc2ccnc(Nc3ccccc3Oc3ccccc3)n2)c1. The quantitative estimate of drug-likeness (QED) is 0.415. The van der Waals surface area contributed by atoms with Gasteiger partial charge in [0.15, 0.2) is 5.75 Å². The molecule has 1 aromatic heterocycles. The van der Waals surface area contributed by atoms with Crippen molar-refractivity contribution < 1.29 is 4.74 Å². The number of ether oxygens (including phenoxy) is 1. The second-order valence-electron chi connectivity index (χ2n) is 6.64. The number of hydrogen-bond donors (Lipinski definition) is 2. The van der Waals surface area contributed by atoms with Gasteiger partial charge in [0, 0.05) is 12.7 Å². The average molecular weight is 382 g/mol. The van der Waals surface area contributed by atoms with E-state index in [1.807, 2.05) is 60.7 Å². The van der Waals surface area contributed by atoms with Crippen molar-refractivity contribution in [2.45, 2.75) is 13.5 Å². The number of aryl methyl sites for hydroxylation is 1. The summed E-state index contributed by atoms with van der Waals surface area (Å²) in [5.74, 6) is 2.74. The molecule has 4 rings (SSSR count). The Morgan fingerprint density at radius 2 is 1.69 bits per heavy atom. The van der Waals surface area contributed by atoms with Gasteiger partial charge in [-0.1, -0.05) is 60.2 Å². The lowest BCUT2D eigenvalue weighted by Gasteiger charge is -2.13. The van der Waals surface area contributed by atoms with Gasteiger partial charge in [-0.2, -0.15) is 4.98 Å². The average Bonchev–Trinajstić information content (AvgIpc) is 2.75. The van der Waals surface area contributed by atoms with Gasteiger partial charge in [-0.3, -0.25) is 0 Å². The zero-order valence-electron chi connectivity index (χ0n) is 16.2. The number of rotatable bonds is 7. The van der Waals surface area contributed by atoms with Crippen molar-refractivity contribution >= 4 is 17.5 Å². The van der Waals surface area contributed by atoms with Crippen LogP contribution in [0.15, 0.2) is 91.1 Å². The lowest BCUT2D eigenvalue weighted by molar-refractivity contribution is 0.485. The molecule has 0 saturated carbocycles. The summed E-state index contributed by atoms with van der Waals surface area (Å²) >= 11 is 0. The minimum Gasteiger partial charge on any atom is -0.455 e. The number of benzene rings is 3. The Balaban J connectivity index is 1.47. The maximum absolute atomic E-state index is 5.99. The van der Waals surface area contributed by atoms with Gasteiger partial charge < -0.3 is 15.4 Å². The fourth-order valence-electron chi connectivity index (χ4n) is 2.93. The maximum Gasteiger partial charge on any atom is 0.229 e. The van der Waals surface area contributed by atoms with Crippen LogP contribution in [0.25, 0.3) is 0 Å². The molecular formula is C24H22N4O. The van der Waals surface area contributed by atoms with Gasteiger partial charge in [0.25, 0.3) is 0 Å². The van der Waals surface area contributed by atoms with E-state index in [1.165, 1.54) is 11.1 Å². The summed E-state index contributed by atoms with van der Waals surface area (Å²) in [5.41, 5.74) is 3.25. The molecule has 29 heavy (non-hydrogen) atoms. The van der Waals surface area contributed by atoms with Crippen molar-refractivity contribution in [3.8, 4) is 11.5 Å². The zero-order chi connectivity index (χ0) is 19.9. The van der Waals surface area contributed by atoms with Gasteiger partial charge in [-0.25, -0.2) is 4.98 Å². The molecule has 0 saturated heterocycles. The van der Waals surface area contributed by atoms with Crippen LogP contribution in [0.2, 0.25) is 0 Å². The Labute approximate surface area is 170 Å². The summed E-state index contributed by atoms with van der Waals surface area (Å²) in [5, 5.41) is 6.60. The molecule has 2 N–H and O–H groups in total. The molecule has 4 aromatic rings. The number of hydrogen-bond acceptors (Lipinski definition) is 5. The van der Waals surface area contributed by atoms with Gasteiger partial charge in [0.05, 0.1) is 5.69 Å². The highest BCUT2D eigenvalue weighted by Gasteiger charge is 2.07. The van der Waals surface area contributed by atoms with Crippen LogP contribution in [-0.4, -0.2) is 9.97 Å². The smallest absolute Gasteiger partial charge is 0.229 e. The fraction of sp³-hybridized carbons (Fsp3) is 0.0833. The van der Waals surface area contributed by atoms with E-state index >= 15 is 0 Å². The predicted octanol–water partition coefficient (Wildman–Crippen LogP) is 5.93. The molecule has 0 aliphatic rings. The number of aromatic nitrogens is 2. The van der Waals surface area contributed by atoms with Crippen LogP contribution in [0.4, 0.5) is 17.5 Å². The van der Waals surface area contributed by atoms with E-state index < -0.39 is 0 Å². The molecule has 3 aromatic carbocycles. The fourth-order valence-corrected chi connectivity index (χ4v) is 2.93. The van der Waals surface area contributed by atoms with E-state index in [4.69, 9.17) is 4.74 Å². The monoisotopic (exact) mass is 382 g/mol. The zero-order valence-corrected chi connectivity index (χ0v) is 16.2. The van der Waals surface area contributed by atoms with E-state index in [9.17, 15) is 0 Å². The van der Waals surface area contributed by atoms with Crippen molar-refractivity contribution in [3.05, 3.63) is 102 Å². The first kappa shape index (κ1) is 18.5. The number of anilines is 3.